The van der Waals surface area contributed by atoms with Crippen molar-refractivity contribution < 1.29 is 4.74 Å². The molecule has 17 heavy (non-hydrogen) atoms. The summed E-state index contributed by atoms with van der Waals surface area (Å²) >= 11 is 0. The van der Waals surface area contributed by atoms with Gasteiger partial charge in [-0.2, -0.15) is 0 Å². The molecule has 2 nitrogen and oxygen atoms in total. The van der Waals surface area contributed by atoms with Gasteiger partial charge in [0.25, 0.3) is 0 Å². The molecule has 0 spiro atoms. The molecule has 0 aromatic heterocycles. The zero-order valence-corrected chi connectivity index (χ0v) is 11.9. The third kappa shape index (κ3) is 3.30. The summed E-state index contributed by atoms with van der Waals surface area (Å²) in [6.07, 6.45) is 0.996. The average molecular weight is 235 g/mol. The molecule has 96 valence electrons. The molecule has 1 aromatic carbocycles. The van der Waals surface area contributed by atoms with Crippen LogP contribution in [0.1, 0.15) is 30.5 Å². The highest BCUT2D eigenvalue weighted by Crippen LogP contribution is 2.21. The van der Waals surface area contributed by atoms with Crippen molar-refractivity contribution in [3.05, 3.63) is 34.9 Å². The van der Waals surface area contributed by atoms with Crippen LogP contribution in [-0.2, 0) is 11.2 Å². The van der Waals surface area contributed by atoms with Crippen LogP contribution in [0.3, 0.4) is 0 Å². The average Bonchev–Trinajstić information content (AvgIpc) is 2.28. The van der Waals surface area contributed by atoms with Gasteiger partial charge in [-0.05, 0) is 57.9 Å². The van der Waals surface area contributed by atoms with Crippen molar-refractivity contribution >= 4 is 0 Å². The lowest BCUT2D eigenvalue weighted by Gasteiger charge is -2.33. The number of hydrogen-bond acceptors (Lipinski definition) is 2. The minimum absolute atomic E-state index is 0.163. The van der Waals surface area contributed by atoms with E-state index < -0.39 is 0 Å². The summed E-state index contributed by atoms with van der Waals surface area (Å²) in [6.45, 7) is 8.60. The Morgan fingerprint density at radius 3 is 2.18 bits per heavy atom. The third-order valence-electron chi connectivity index (χ3n) is 3.77. The Labute approximate surface area is 105 Å². The van der Waals surface area contributed by atoms with E-state index in [1.807, 2.05) is 7.05 Å². The summed E-state index contributed by atoms with van der Waals surface area (Å²) in [4.78, 5) is 0. The van der Waals surface area contributed by atoms with E-state index in [4.69, 9.17) is 4.74 Å². The fraction of sp³-hybridized carbons (Fsp3) is 0.600. The van der Waals surface area contributed by atoms with Gasteiger partial charge in [0.2, 0.25) is 0 Å². The Morgan fingerprint density at radius 1 is 1.24 bits per heavy atom. The summed E-state index contributed by atoms with van der Waals surface area (Å²) in [5.74, 6) is 0. The minimum Gasteiger partial charge on any atom is -0.377 e. The second-order valence-corrected chi connectivity index (χ2v) is 5.22. The Bertz CT molecular complexity index is 351. The SMILES string of the molecule is CNC(Cc1c(C)cccc1C)C(C)(C)OC. The molecule has 0 aliphatic carbocycles. The lowest BCUT2D eigenvalue weighted by molar-refractivity contribution is -0.00803. The van der Waals surface area contributed by atoms with E-state index in [0.29, 0.717) is 6.04 Å². The van der Waals surface area contributed by atoms with E-state index in [1.165, 1.54) is 16.7 Å². The van der Waals surface area contributed by atoms with Crippen molar-refractivity contribution in [3.8, 4) is 0 Å². The van der Waals surface area contributed by atoms with Crippen LogP contribution in [0.4, 0.5) is 0 Å². The zero-order valence-electron chi connectivity index (χ0n) is 11.9. The van der Waals surface area contributed by atoms with Crippen LogP contribution in [0, 0.1) is 13.8 Å². The first kappa shape index (κ1) is 14.2. The Balaban J connectivity index is 2.96. The van der Waals surface area contributed by atoms with Crippen molar-refractivity contribution in [1.29, 1.82) is 0 Å². The van der Waals surface area contributed by atoms with Crippen LogP contribution >= 0.6 is 0 Å². The van der Waals surface area contributed by atoms with Gasteiger partial charge in [0.05, 0.1) is 5.60 Å². The lowest BCUT2D eigenvalue weighted by Crippen LogP contribution is -2.48. The van der Waals surface area contributed by atoms with E-state index in [9.17, 15) is 0 Å². The molecule has 0 heterocycles. The van der Waals surface area contributed by atoms with Gasteiger partial charge >= 0.3 is 0 Å². The molecule has 1 unspecified atom stereocenters. The van der Waals surface area contributed by atoms with Gasteiger partial charge < -0.3 is 10.1 Å². The van der Waals surface area contributed by atoms with Crippen molar-refractivity contribution in [2.45, 2.75) is 45.8 Å². The topological polar surface area (TPSA) is 21.3 Å². The maximum absolute atomic E-state index is 5.58. The number of rotatable bonds is 5. The lowest BCUT2D eigenvalue weighted by atomic mass is 9.88. The first-order valence-corrected chi connectivity index (χ1v) is 6.20. The van der Waals surface area contributed by atoms with Crippen molar-refractivity contribution in [2.75, 3.05) is 14.2 Å². The molecular weight excluding hydrogens is 210 g/mol. The number of nitrogens with one attached hydrogen (secondary N) is 1. The van der Waals surface area contributed by atoms with E-state index >= 15 is 0 Å². The highest BCUT2D eigenvalue weighted by atomic mass is 16.5. The Hall–Kier alpha value is -0.860. The molecule has 1 aromatic rings. The monoisotopic (exact) mass is 235 g/mol. The highest BCUT2D eigenvalue weighted by Gasteiger charge is 2.28. The maximum atomic E-state index is 5.58. The molecule has 0 saturated heterocycles. The molecule has 0 aliphatic rings. The van der Waals surface area contributed by atoms with Gasteiger partial charge in [-0.15, -0.1) is 0 Å². The zero-order chi connectivity index (χ0) is 13.1. The van der Waals surface area contributed by atoms with Gasteiger partial charge in [-0.3, -0.25) is 0 Å². The molecule has 0 radical (unpaired) electrons. The second-order valence-electron chi connectivity index (χ2n) is 5.22. The van der Waals surface area contributed by atoms with Crippen molar-refractivity contribution in [1.82, 2.24) is 5.32 Å². The standard InChI is InChI=1S/C15H25NO/c1-11-8-7-9-12(2)13(11)10-14(16-5)15(3,4)17-6/h7-9,14,16H,10H2,1-6H3. The quantitative estimate of drug-likeness (QED) is 0.847. The second kappa shape index (κ2) is 5.65. The van der Waals surface area contributed by atoms with Crippen LogP contribution in [-0.4, -0.2) is 25.8 Å². The molecular formula is C15H25NO. The molecule has 1 rings (SSSR count). The van der Waals surface area contributed by atoms with Gasteiger partial charge in [0.15, 0.2) is 0 Å². The number of hydrogen-bond donors (Lipinski definition) is 1. The van der Waals surface area contributed by atoms with E-state index in [-0.39, 0.29) is 5.60 Å². The summed E-state index contributed by atoms with van der Waals surface area (Å²) in [5, 5.41) is 3.37. The predicted octanol–water partition coefficient (Wildman–Crippen LogP) is 2.86. The molecule has 2 heteroatoms. The first-order valence-electron chi connectivity index (χ1n) is 6.20. The number of likely N-dealkylation sites (N-methyl/N-ethyl adjacent to an activating group) is 1. The summed E-state index contributed by atoms with van der Waals surface area (Å²) in [7, 11) is 3.77. The minimum atomic E-state index is -0.163. The number of ether oxygens (including phenoxy) is 1. The smallest absolute Gasteiger partial charge is 0.0778 e. The maximum Gasteiger partial charge on any atom is 0.0778 e. The Morgan fingerprint density at radius 2 is 1.76 bits per heavy atom. The van der Waals surface area contributed by atoms with Gasteiger partial charge in [0.1, 0.15) is 0 Å². The van der Waals surface area contributed by atoms with E-state index in [2.05, 4.69) is 51.2 Å². The summed E-state index contributed by atoms with van der Waals surface area (Å²) in [5.41, 5.74) is 3.98. The fourth-order valence-electron chi connectivity index (χ4n) is 2.21. The van der Waals surface area contributed by atoms with E-state index in [0.717, 1.165) is 6.42 Å². The summed E-state index contributed by atoms with van der Waals surface area (Å²) < 4.78 is 5.58. The van der Waals surface area contributed by atoms with Crippen LogP contribution in [0.5, 0.6) is 0 Å². The van der Waals surface area contributed by atoms with E-state index in [1.54, 1.807) is 7.11 Å². The molecule has 1 N–H and O–H groups in total. The van der Waals surface area contributed by atoms with Gasteiger partial charge in [0, 0.05) is 13.2 Å². The first-order chi connectivity index (χ1) is 7.92. The number of aryl methyl sites for hydroxylation is 2. The van der Waals surface area contributed by atoms with Gasteiger partial charge in [-0.25, -0.2) is 0 Å². The highest BCUT2D eigenvalue weighted by molar-refractivity contribution is 5.34. The van der Waals surface area contributed by atoms with Crippen molar-refractivity contribution in [3.63, 3.8) is 0 Å². The number of methoxy groups -OCH3 is 1. The van der Waals surface area contributed by atoms with Crippen LogP contribution in [0.25, 0.3) is 0 Å². The molecule has 0 aliphatic heterocycles. The largest absolute Gasteiger partial charge is 0.377 e. The van der Waals surface area contributed by atoms with Gasteiger partial charge in [-0.1, -0.05) is 18.2 Å². The van der Waals surface area contributed by atoms with Crippen LogP contribution in [0.15, 0.2) is 18.2 Å². The molecule has 1 atom stereocenters. The molecule has 0 fully saturated rings. The molecule has 0 amide bonds. The summed E-state index contributed by atoms with van der Waals surface area (Å²) in [6, 6.07) is 6.78. The predicted molar refractivity (Wildman–Crippen MR) is 73.6 cm³/mol. The normalized spacial score (nSPS) is 13.8. The fourth-order valence-corrected chi connectivity index (χ4v) is 2.21. The molecule has 0 saturated carbocycles. The molecule has 0 bridgehead atoms. The van der Waals surface area contributed by atoms with Crippen LogP contribution < -0.4 is 5.32 Å². The third-order valence-corrected chi connectivity index (χ3v) is 3.77. The number of benzene rings is 1. The van der Waals surface area contributed by atoms with Crippen molar-refractivity contribution in [2.24, 2.45) is 0 Å². The van der Waals surface area contributed by atoms with Crippen LogP contribution in [0.2, 0.25) is 0 Å². The Kier molecular flexibility index (Phi) is 4.72.